The minimum absolute atomic E-state index is 0.202. The van der Waals surface area contributed by atoms with E-state index in [1.165, 1.54) is 18.4 Å². The van der Waals surface area contributed by atoms with Gasteiger partial charge in [-0.1, -0.05) is 13.0 Å². The van der Waals surface area contributed by atoms with Crippen LogP contribution in [0.1, 0.15) is 70.3 Å². The van der Waals surface area contributed by atoms with Crippen LogP contribution in [-0.4, -0.2) is 34.1 Å². The molecule has 2 saturated carbocycles. The summed E-state index contributed by atoms with van der Waals surface area (Å²) in [5, 5.41) is 0. The summed E-state index contributed by atoms with van der Waals surface area (Å²) < 4.78 is 14.4. The van der Waals surface area contributed by atoms with Crippen molar-refractivity contribution in [3.63, 3.8) is 0 Å². The second-order valence-corrected chi connectivity index (χ2v) is 8.84. The zero-order valence-electron chi connectivity index (χ0n) is 17.3. The Bertz CT molecular complexity index is 832. The van der Waals surface area contributed by atoms with Crippen LogP contribution in [-0.2, 0) is 16.6 Å². The summed E-state index contributed by atoms with van der Waals surface area (Å²) in [5.41, 5.74) is 3.60. The number of imidazole rings is 1. The number of carbonyl (C=O) groups is 1. The predicted molar refractivity (Wildman–Crippen MR) is 110 cm³/mol. The van der Waals surface area contributed by atoms with Crippen molar-refractivity contribution < 1.29 is 14.3 Å². The average Bonchev–Trinajstić information content (AvgIpc) is 3.47. The van der Waals surface area contributed by atoms with E-state index >= 15 is 0 Å². The van der Waals surface area contributed by atoms with Gasteiger partial charge in [0.2, 0.25) is 0 Å². The zero-order valence-corrected chi connectivity index (χ0v) is 17.3. The van der Waals surface area contributed by atoms with Gasteiger partial charge >= 0.3 is 0 Å². The van der Waals surface area contributed by atoms with Gasteiger partial charge in [0.05, 0.1) is 17.1 Å². The number of Topliss-reactive ketones (excluding diaryl/α,β-unsaturated/α-hetero) is 1. The molecule has 0 unspecified atom stereocenters. The number of benzene rings is 1. The number of fused-ring (bicyclic) bond motifs is 1. The summed E-state index contributed by atoms with van der Waals surface area (Å²) in [6.45, 7) is 4.40. The monoisotopic (exact) mass is 384 g/mol. The van der Waals surface area contributed by atoms with E-state index in [1.54, 1.807) is 6.92 Å². The molecule has 2 aromatic rings. The lowest BCUT2D eigenvalue weighted by Crippen LogP contribution is -2.30. The molecule has 1 heterocycles. The Morgan fingerprint density at radius 1 is 1.18 bits per heavy atom. The minimum Gasteiger partial charge on any atom is -0.461 e. The van der Waals surface area contributed by atoms with Gasteiger partial charge < -0.3 is 14.3 Å². The van der Waals surface area contributed by atoms with Crippen LogP contribution in [0.2, 0.25) is 0 Å². The van der Waals surface area contributed by atoms with Crippen molar-refractivity contribution in [2.45, 2.75) is 76.9 Å². The maximum Gasteiger partial charge on any atom is 0.297 e. The summed E-state index contributed by atoms with van der Waals surface area (Å²) in [7, 11) is 2.05. The Morgan fingerprint density at radius 3 is 2.57 bits per heavy atom. The number of nitrogens with zero attached hydrogens (tertiary/aromatic N) is 2. The fourth-order valence-corrected chi connectivity index (χ4v) is 4.28. The number of rotatable bonds is 8. The highest BCUT2D eigenvalue weighted by molar-refractivity contribution is 5.78. The number of hydrogen-bond donors (Lipinski definition) is 0. The molecular formula is C23H32N2O3. The molecule has 0 aliphatic heterocycles. The Morgan fingerprint density at radius 2 is 1.89 bits per heavy atom. The lowest BCUT2D eigenvalue weighted by atomic mass is 9.95. The summed E-state index contributed by atoms with van der Waals surface area (Å²) in [6.07, 6.45) is 7.71. The van der Waals surface area contributed by atoms with Gasteiger partial charge in [0, 0.05) is 20.1 Å². The maximum absolute atomic E-state index is 11.2. The van der Waals surface area contributed by atoms with Crippen LogP contribution in [0, 0.1) is 5.92 Å². The fourth-order valence-electron chi connectivity index (χ4n) is 4.28. The van der Waals surface area contributed by atoms with E-state index in [0.717, 1.165) is 48.6 Å². The molecule has 28 heavy (non-hydrogen) atoms. The quantitative estimate of drug-likeness (QED) is 0.658. The first kappa shape index (κ1) is 19.4. The van der Waals surface area contributed by atoms with E-state index in [9.17, 15) is 4.79 Å². The molecule has 2 aliphatic carbocycles. The van der Waals surface area contributed by atoms with Crippen LogP contribution in [0.25, 0.3) is 11.0 Å². The van der Waals surface area contributed by atoms with Gasteiger partial charge in [-0.2, -0.15) is 4.98 Å². The molecule has 0 amide bonds. The third kappa shape index (κ3) is 4.57. The van der Waals surface area contributed by atoms with Crippen molar-refractivity contribution in [3.05, 3.63) is 23.8 Å². The zero-order chi connectivity index (χ0) is 19.7. The van der Waals surface area contributed by atoms with Crippen LogP contribution in [0.3, 0.4) is 0 Å². The first-order valence-corrected chi connectivity index (χ1v) is 10.7. The molecule has 5 nitrogen and oxygen atoms in total. The standard InChI is InChI=1S/C23H32N2O3/c1-15(12-16(2)26)14-27-19-7-9-20(10-8-19)28-23-24-21-11-6-18(17-4-5-17)13-22(21)25(23)3/h6,11,13,15,17,19-20H,4-5,7-10,12,14H2,1-3H3/t15-,19?,20?/m1/s1. The van der Waals surface area contributed by atoms with Crippen LogP contribution >= 0.6 is 0 Å². The second-order valence-electron chi connectivity index (χ2n) is 8.84. The molecular weight excluding hydrogens is 352 g/mol. The maximum atomic E-state index is 11.2. The molecule has 152 valence electrons. The molecule has 0 saturated heterocycles. The lowest BCUT2D eigenvalue weighted by molar-refractivity contribution is -0.118. The van der Waals surface area contributed by atoms with Gasteiger partial charge in [-0.15, -0.1) is 0 Å². The van der Waals surface area contributed by atoms with Crippen LogP contribution < -0.4 is 4.74 Å². The first-order chi connectivity index (χ1) is 13.5. The van der Waals surface area contributed by atoms with Gasteiger partial charge in [0.25, 0.3) is 6.01 Å². The third-order valence-corrected chi connectivity index (χ3v) is 6.06. The average molecular weight is 385 g/mol. The fraction of sp³-hybridized carbons (Fsp3) is 0.652. The van der Waals surface area contributed by atoms with E-state index < -0.39 is 0 Å². The van der Waals surface area contributed by atoms with Crippen LogP contribution in [0.4, 0.5) is 0 Å². The van der Waals surface area contributed by atoms with Crippen LogP contribution in [0.15, 0.2) is 18.2 Å². The van der Waals surface area contributed by atoms with Crippen molar-refractivity contribution in [3.8, 4) is 6.01 Å². The lowest BCUT2D eigenvalue weighted by Gasteiger charge is -2.29. The van der Waals surface area contributed by atoms with Crippen molar-refractivity contribution in [1.82, 2.24) is 9.55 Å². The Hall–Kier alpha value is -1.88. The normalized spacial score (nSPS) is 23.7. The number of hydrogen-bond acceptors (Lipinski definition) is 4. The van der Waals surface area contributed by atoms with Crippen LogP contribution in [0.5, 0.6) is 6.01 Å². The molecule has 2 fully saturated rings. The molecule has 4 rings (SSSR count). The highest BCUT2D eigenvalue weighted by Crippen LogP contribution is 2.41. The molecule has 1 aromatic heterocycles. The predicted octanol–water partition coefficient (Wildman–Crippen LogP) is 4.77. The molecule has 1 atom stereocenters. The van der Waals surface area contributed by atoms with Crippen molar-refractivity contribution in [2.75, 3.05) is 6.61 Å². The number of ketones is 1. The van der Waals surface area contributed by atoms with Gasteiger partial charge in [-0.25, -0.2) is 0 Å². The topological polar surface area (TPSA) is 53.4 Å². The first-order valence-electron chi connectivity index (χ1n) is 10.7. The molecule has 0 radical (unpaired) electrons. The molecule has 1 aromatic carbocycles. The van der Waals surface area contributed by atoms with E-state index in [2.05, 4.69) is 29.7 Å². The van der Waals surface area contributed by atoms with Gasteiger partial charge in [-0.05, 0) is 75.0 Å². The van der Waals surface area contributed by atoms with Gasteiger partial charge in [0.1, 0.15) is 11.9 Å². The van der Waals surface area contributed by atoms with Gasteiger partial charge in [-0.3, -0.25) is 4.57 Å². The SMILES string of the molecule is CC(=O)C[C@@H](C)COC1CCC(Oc2nc3ccc(C4CC4)cc3n2C)CC1. The summed E-state index contributed by atoms with van der Waals surface area (Å²) in [5.74, 6) is 1.28. The Labute approximate surface area is 167 Å². The molecule has 5 heteroatoms. The molecule has 0 spiro atoms. The largest absolute Gasteiger partial charge is 0.461 e. The molecule has 2 aliphatic rings. The van der Waals surface area contributed by atoms with E-state index in [-0.39, 0.29) is 18.0 Å². The van der Waals surface area contributed by atoms with E-state index in [4.69, 9.17) is 14.5 Å². The minimum atomic E-state index is 0.202. The van der Waals surface area contributed by atoms with Gasteiger partial charge in [0.15, 0.2) is 0 Å². The smallest absolute Gasteiger partial charge is 0.297 e. The van der Waals surface area contributed by atoms with E-state index in [1.807, 2.05) is 7.05 Å². The summed E-state index contributed by atoms with van der Waals surface area (Å²) in [6, 6.07) is 7.34. The number of ether oxygens (including phenoxy) is 2. The Balaban J connectivity index is 1.30. The van der Waals surface area contributed by atoms with E-state index in [0.29, 0.717) is 18.9 Å². The highest BCUT2D eigenvalue weighted by Gasteiger charge is 2.26. The number of aromatic nitrogens is 2. The van der Waals surface area contributed by atoms with Crippen molar-refractivity contribution >= 4 is 16.8 Å². The molecule has 0 bridgehead atoms. The van der Waals surface area contributed by atoms with Crippen molar-refractivity contribution in [2.24, 2.45) is 13.0 Å². The highest BCUT2D eigenvalue weighted by atomic mass is 16.5. The summed E-state index contributed by atoms with van der Waals surface area (Å²) in [4.78, 5) is 15.9. The Kier molecular flexibility index (Phi) is 5.72. The van der Waals surface area contributed by atoms with Crippen molar-refractivity contribution in [1.29, 1.82) is 0 Å². The number of carbonyl (C=O) groups excluding carboxylic acids is 1. The molecule has 0 N–H and O–H groups in total. The number of aryl methyl sites for hydroxylation is 1. The third-order valence-electron chi connectivity index (χ3n) is 6.06. The second kappa shape index (κ2) is 8.24. The summed E-state index contributed by atoms with van der Waals surface area (Å²) >= 11 is 0.